The van der Waals surface area contributed by atoms with Crippen LogP contribution in [0, 0.1) is 0 Å². The summed E-state index contributed by atoms with van der Waals surface area (Å²) in [5.41, 5.74) is 3.84. The highest BCUT2D eigenvalue weighted by Gasteiger charge is 2.14. The Labute approximate surface area is 183 Å². The molecule has 31 heavy (non-hydrogen) atoms. The smallest absolute Gasteiger partial charge is 0.315 e. The number of fused-ring (bicyclic) bond motifs is 1. The lowest BCUT2D eigenvalue weighted by molar-refractivity contribution is 0.0964. The number of carbonyl (C=O) groups is 2. The van der Waals surface area contributed by atoms with Crippen LogP contribution in [0.2, 0.25) is 5.02 Å². The minimum atomic E-state index is -0.224. The third kappa shape index (κ3) is 4.67. The van der Waals surface area contributed by atoms with E-state index in [1.807, 2.05) is 24.3 Å². The van der Waals surface area contributed by atoms with E-state index < -0.39 is 0 Å². The normalized spacial score (nSPS) is 12.6. The molecule has 0 spiro atoms. The summed E-state index contributed by atoms with van der Waals surface area (Å²) in [7, 11) is 1.57. The first-order valence-corrected chi connectivity index (χ1v) is 9.92. The fourth-order valence-electron chi connectivity index (χ4n) is 3.15. The van der Waals surface area contributed by atoms with E-state index in [1.165, 1.54) is 6.20 Å². The molecule has 0 aliphatic carbocycles. The molecule has 5 N–H and O–H groups in total. The van der Waals surface area contributed by atoms with Crippen molar-refractivity contribution in [2.45, 2.75) is 13.1 Å². The minimum Gasteiger partial charge on any atom is -0.355 e. The van der Waals surface area contributed by atoms with Gasteiger partial charge >= 0.3 is 6.03 Å². The standard InChI is InChI=1S/C21H20ClN7O2/c1-23-19(30)15-4-2-3-5-17(15)28-18-16(22)11-24-20(29-18)27-14-7-6-12-9-25-21(31)26-10-13(12)8-14/h2-8,11H,9-10H2,1H3,(H,23,30)(H2,25,26,31)(H2,24,27,28,29). The van der Waals surface area contributed by atoms with Gasteiger partial charge in [0.2, 0.25) is 5.95 Å². The number of hydrogen-bond donors (Lipinski definition) is 5. The number of halogens is 1. The number of benzene rings is 2. The molecule has 1 aliphatic heterocycles. The molecule has 158 valence electrons. The van der Waals surface area contributed by atoms with Crippen LogP contribution in [0.4, 0.5) is 27.9 Å². The van der Waals surface area contributed by atoms with E-state index in [1.54, 1.807) is 25.2 Å². The highest BCUT2D eigenvalue weighted by Crippen LogP contribution is 2.27. The summed E-state index contributed by atoms with van der Waals surface area (Å²) in [4.78, 5) is 32.3. The van der Waals surface area contributed by atoms with Gasteiger partial charge in [0.25, 0.3) is 5.91 Å². The van der Waals surface area contributed by atoms with Crippen LogP contribution in [-0.2, 0) is 13.1 Å². The first-order chi connectivity index (χ1) is 15.0. The van der Waals surface area contributed by atoms with Crippen LogP contribution in [0.3, 0.4) is 0 Å². The van der Waals surface area contributed by atoms with Crippen LogP contribution < -0.4 is 26.6 Å². The van der Waals surface area contributed by atoms with Gasteiger partial charge in [0.1, 0.15) is 5.02 Å². The molecule has 4 rings (SSSR count). The molecule has 1 aromatic heterocycles. The van der Waals surface area contributed by atoms with Crippen molar-refractivity contribution in [2.24, 2.45) is 0 Å². The number of nitrogens with zero attached hydrogens (tertiary/aromatic N) is 2. The summed E-state index contributed by atoms with van der Waals surface area (Å²) in [6.07, 6.45) is 1.48. The summed E-state index contributed by atoms with van der Waals surface area (Å²) >= 11 is 6.28. The number of carbonyl (C=O) groups excluding carboxylic acids is 2. The SMILES string of the molecule is CNC(=O)c1ccccc1Nc1nc(Nc2ccc3c(c2)CNC(=O)NC3)ncc1Cl. The highest BCUT2D eigenvalue weighted by molar-refractivity contribution is 6.33. The Hall–Kier alpha value is -3.85. The number of urea groups is 1. The molecular weight excluding hydrogens is 418 g/mol. The molecular formula is C21H20ClN7O2. The van der Waals surface area contributed by atoms with Gasteiger partial charge in [-0.15, -0.1) is 0 Å². The van der Waals surface area contributed by atoms with E-state index >= 15 is 0 Å². The number of hydrogen-bond acceptors (Lipinski definition) is 6. The van der Waals surface area contributed by atoms with Gasteiger partial charge in [0.05, 0.1) is 17.4 Å². The van der Waals surface area contributed by atoms with E-state index in [0.717, 1.165) is 16.8 Å². The monoisotopic (exact) mass is 437 g/mol. The predicted octanol–water partition coefficient (Wildman–Crippen LogP) is 3.29. The van der Waals surface area contributed by atoms with Crippen molar-refractivity contribution in [1.29, 1.82) is 0 Å². The Kier molecular flexibility index (Phi) is 5.85. The maximum atomic E-state index is 12.1. The first kappa shape index (κ1) is 20.4. The lowest BCUT2D eigenvalue weighted by atomic mass is 10.1. The van der Waals surface area contributed by atoms with Crippen molar-refractivity contribution >= 4 is 46.7 Å². The zero-order chi connectivity index (χ0) is 21.8. The number of nitrogens with one attached hydrogen (secondary N) is 5. The van der Waals surface area contributed by atoms with E-state index in [-0.39, 0.29) is 11.9 Å². The van der Waals surface area contributed by atoms with E-state index in [2.05, 4.69) is 36.6 Å². The third-order valence-electron chi connectivity index (χ3n) is 4.74. The lowest BCUT2D eigenvalue weighted by Gasteiger charge is -2.13. The zero-order valence-electron chi connectivity index (χ0n) is 16.6. The molecule has 0 fully saturated rings. The van der Waals surface area contributed by atoms with Crippen LogP contribution in [0.15, 0.2) is 48.7 Å². The van der Waals surface area contributed by atoms with Gasteiger partial charge in [-0.25, -0.2) is 9.78 Å². The topological polar surface area (TPSA) is 120 Å². The van der Waals surface area contributed by atoms with Gasteiger partial charge in [-0.2, -0.15) is 4.98 Å². The van der Waals surface area contributed by atoms with Gasteiger partial charge in [0.15, 0.2) is 5.82 Å². The van der Waals surface area contributed by atoms with Gasteiger partial charge in [-0.1, -0.05) is 29.8 Å². The second kappa shape index (κ2) is 8.88. The van der Waals surface area contributed by atoms with Gasteiger partial charge in [0, 0.05) is 25.8 Å². The molecule has 0 saturated heterocycles. The molecule has 2 aromatic carbocycles. The first-order valence-electron chi connectivity index (χ1n) is 9.54. The van der Waals surface area contributed by atoms with Crippen molar-refractivity contribution in [3.8, 4) is 0 Å². The van der Waals surface area contributed by atoms with Crippen molar-refractivity contribution in [1.82, 2.24) is 25.9 Å². The summed E-state index contributed by atoms with van der Waals surface area (Å²) in [6.45, 7) is 0.902. The van der Waals surface area contributed by atoms with E-state index in [4.69, 9.17) is 11.6 Å². The average molecular weight is 438 g/mol. The Morgan fingerprint density at radius 3 is 2.65 bits per heavy atom. The van der Waals surface area contributed by atoms with Crippen molar-refractivity contribution in [3.63, 3.8) is 0 Å². The summed E-state index contributed by atoms with van der Waals surface area (Å²) in [5, 5.41) is 14.7. The molecule has 10 heteroatoms. The number of para-hydroxylation sites is 1. The number of amides is 3. The van der Waals surface area contributed by atoms with Crippen LogP contribution >= 0.6 is 11.6 Å². The van der Waals surface area contributed by atoms with Crippen LogP contribution in [0.25, 0.3) is 0 Å². The molecule has 0 saturated carbocycles. The summed E-state index contributed by atoms with van der Waals surface area (Å²) in [6, 6.07) is 12.6. The van der Waals surface area contributed by atoms with Crippen LogP contribution in [0.1, 0.15) is 21.5 Å². The Morgan fingerprint density at radius 2 is 1.84 bits per heavy atom. The predicted molar refractivity (Wildman–Crippen MR) is 119 cm³/mol. The van der Waals surface area contributed by atoms with E-state index in [9.17, 15) is 9.59 Å². The third-order valence-corrected chi connectivity index (χ3v) is 5.01. The lowest BCUT2D eigenvalue weighted by Crippen LogP contribution is -2.31. The molecule has 3 amide bonds. The number of aromatic nitrogens is 2. The summed E-state index contributed by atoms with van der Waals surface area (Å²) in [5.74, 6) is 0.472. The highest BCUT2D eigenvalue weighted by atomic mass is 35.5. The summed E-state index contributed by atoms with van der Waals surface area (Å²) < 4.78 is 0. The molecule has 0 bridgehead atoms. The molecule has 0 unspecified atom stereocenters. The van der Waals surface area contributed by atoms with Crippen LogP contribution in [-0.4, -0.2) is 29.0 Å². The van der Waals surface area contributed by atoms with Gasteiger partial charge < -0.3 is 26.6 Å². The molecule has 0 radical (unpaired) electrons. The van der Waals surface area contributed by atoms with Crippen molar-refractivity contribution < 1.29 is 9.59 Å². The molecule has 1 aliphatic rings. The largest absolute Gasteiger partial charge is 0.355 e. The maximum absolute atomic E-state index is 12.1. The Morgan fingerprint density at radius 1 is 1.06 bits per heavy atom. The fourth-order valence-corrected chi connectivity index (χ4v) is 3.29. The van der Waals surface area contributed by atoms with E-state index in [0.29, 0.717) is 41.1 Å². The van der Waals surface area contributed by atoms with Crippen molar-refractivity contribution in [2.75, 3.05) is 17.7 Å². The Balaban J connectivity index is 1.57. The maximum Gasteiger partial charge on any atom is 0.315 e. The second-order valence-electron chi connectivity index (χ2n) is 6.78. The van der Waals surface area contributed by atoms with Crippen molar-refractivity contribution in [3.05, 3.63) is 70.4 Å². The molecule has 0 atom stereocenters. The minimum absolute atomic E-state index is 0.195. The Bertz CT molecular complexity index is 1150. The molecule has 2 heterocycles. The second-order valence-corrected chi connectivity index (χ2v) is 7.19. The zero-order valence-corrected chi connectivity index (χ0v) is 17.4. The number of anilines is 4. The number of rotatable bonds is 5. The van der Waals surface area contributed by atoms with Gasteiger partial charge in [-0.3, -0.25) is 4.79 Å². The van der Waals surface area contributed by atoms with Gasteiger partial charge in [-0.05, 0) is 35.4 Å². The average Bonchev–Trinajstić information content (AvgIpc) is 2.97. The fraction of sp³-hybridized carbons (Fsp3) is 0.143. The quantitative estimate of drug-likeness (QED) is 0.417. The molecule has 3 aromatic rings. The van der Waals surface area contributed by atoms with Crippen LogP contribution in [0.5, 0.6) is 0 Å². The molecule has 9 nitrogen and oxygen atoms in total.